The molecule has 0 atom stereocenters. The van der Waals surface area contributed by atoms with Crippen molar-refractivity contribution in [3.63, 3.8) is 0 Å². The van der Waals surface area contributed by atoms with E-state index in [4.69, 9.17) is 18.9 Å². The van der Waals surface area contributed by atoms with Crippen LogP contribution in [-0.2, 0) is 11.4 Å². The van der Waals surface area contributed by atoms with Gasteiger partial charge in [-0.15, -0.1) is 0 Å². The molecule has 0 radical (unpaired) electrons. The molecule has 0 fully saturated rings. The van der Waals surface area contributed by atoms with Gasteiger partial charge in [0, 0.05) is 6.07 Å². The minimum Gasteiger partial charge on any atom is -0.493 e. The lowest BCUT2D eigenvalue weighted by Gasteiger charge is -2.13. The molecule has 2 N–H and O–H groups in total. The smallest absolute Gasteiger partial charge is 0.286 e. The van der Waals surface area contributed by atoms with Gasteiger partial charge < -0.3 is 18.9 Å². The van der Waals surface area contributed by atoms with Crippen LogP contribution in [0.5, 0.6) is 23.0 Å². The van der Waals surface area contributed by atoms with Crippen molar-refractivity contribution in [2.75, 3.05) is 20.3 Å². The van der Waals surface area contributed by atoms with Gasteiger partial charge in [0.1, 0.15) is 23.7 Å². The maximum atomic E-state index is 12.5. The van der Waals surface area contributed by atoms with Gasteiger partial charge in [0.25, 0.3) is 17.5 Å². The van der Waals surface area contributed by atoms with Crippen LogP contribution < -0.4 is 29.8 Å². The van der Waals surface area contributed by atoms with Crippen molar-refractivity contribution >= 4 is 17.5 Å². The van der Waals surface area contributed by atoms with Gasteiger partial charge in [0.05, 0.1) is 24.7 Å². The van der Waals surface area contributed by atoms with Crippen molar-refractivity contribution in [3.8, 4) is 23.0 Å². The number of nitro groups is 1. The topological polar surface area (TPSA) is 138 Å². The van der Waals surface area contributed by atoms with E-state index >= 15 is 0 Å². The SMILES string of the molecule is CCOc1cc(C(=O)NNC(=O)COc2ccc(OCc3ccccc3)cc2)c([N+](=O)[O-])cc1OC. The van der Waals surface area contributed by atoms with Gasteiger partial charge in [-0.25, -0.2) is 0 Å². The van der Waals surface area contributed by atoms with Crippen molar-refractivity contribution in [3.05, 3.63) is 88.0 Å². The minimum absolute atomic E-state index is 0.106. The van der Waals surface area contributed by atoms with Crippen LogP contribution in [0.2, 0.25) is 0 Å². The molecule has 3 aromatic rings. The third-order valence-electron chi connectivity index (χ3n) is 4.78. The van der Waals surface area contributed by atoms with Crippen molar-refractivity contribution in [2.45, 2.75) is 13.5 Å². The van der Waals surface area contributed by atoms with Gasteiger partial charge in [0.2, 0.25) is 0 Å². The van der Waals surface area contributed by atoms with Crippen LogP contribution >= 0.6 is 0 Å². The lowest BCUT2D eigenvalue weighted by Crippen LogP contribution is -2.44. The van der Waals surface area contributed by atoms with Crippen LogP contribution in [0.1, 0.15) is 22.8 Å². The molecule has 0 spiro atoms. The number of hydrogen-bond donors (Lipinski definition) is 2. The van der Waals surface area contributed by atoms with Gasteiger partial charge in [-0.1, -0.05) is 30.3 Å². The fourth-order valence-electron chi connectivity index (χ4n) is 3.06. The second kappa shape index (κ2) is 12.6. The van der Waals surface area contributed by atoms with Gasteiger partial charge in [0.15, 0.2) is 18.1 Å². The van der Waals surface area contributed by atoms with Crippen LogP contribution in [0, 0.1) is 10.1 Å². The summed E-state index contributed by atoms with van der Waals surface area (Å²) in [5.41, 5.74) is 4.52. The number of amides is 2. The van der Waals surface area contributed by atoms with Crippen LogP contribution in [0.3, 0.4) is 0 Å². The molecule has 2 amide bonds. The zero-order chi connectivity index (χ0) is 25.9. The molecule has 11 heteroatoms. The molecule has 3 rings (SSSR count). The Labute approximate surface area is 207 Å². The zero-order valence-electron chi connectivity index (χ0n) is 19.7. The van der Waals surface area contributed by atoms with E-state index in [1.807, 2.05) is 30.3 Å². The number of carbonyl (C=O) groups excluding carboxylic acids is 2. The van der Waals surface area contributed by atoms with Gasteiger partial charge in [-0.05, 0) is 36.8 Å². The van der Waals surface area contributed by atoms with E-state index in [1.54, 1.807) is 31.2 Å². The molecule has 0 aliphatic carbocycles. The molecule has 0 bridgehead atoms. The molecular weight excluding hydrogens is 470 g/mol. The van der Waals surface area contributed by atoms with E-state index in [-0.39, 0.29) is 23.7 Å². The predicted octanol–water partition coefficient (Wildman–Crippen LogP) is 3.42. The fraction of sp³-hybridized carbons (Fsp3) is 0.200. The summed E-state index contributed by atoms with van der Waals surface area (Å²) in [6.45, 7) is 1.98. The molecule has 0 saturated carbocycles. The first-order valence-corrected chi connectivity index (χ1v) is 10.9. The second-order valence-corrected chi connectivity index (χ2v) is 7.25. The molecule has 0 aromatic heterocycles. The standard InChI is InChI=1S/C25H25N3O8/c1-3-34-23-13-20(21(28(31)32)14-22(23)33-2)25(30)27-26-24(29)16-36-19-11-9-18(10-12-19)35-15-17-7-5-4-6-8-17/h4-14H,3,15-16H2,1-2H3,(H,26,29)(H,27,30). The zero-order valence-corrected chi connectivity index (χ0v) is 19.7. The average Bonchev–Trinajstić information content (AvgIpc) is 2.90. The van der Waals surface area contributed by atoms with E-state index in [0.29, 0.717) is 18.1 Å². The Morgan fingerprint density at radius 3 is 2.17 bits per heavy atom. The van der Waals surface area contributed by atoms with Crippen molar-refractivity contribution in [1.82, 2.24) is 10.9 Å². The number of nitrogens with zero attached hydrogens (tertiary/aromatic N) is 1. The Hall–Kier alpha value is -4.80. The Kier molecular flexibility index (Phi) is 9.04. The highest BCUT2D eigenvalue weighted by molar-refractivity contribution is 5.99. The van der Waals surface area contributed by atoms with Gasteiger partial charge in [-0.2, -0.15) is 0 Å². The summed E-state index contributed by atoms with van der Waals surface area (Å²) in [6, 6.07) is 18.7. The van der Waals surface area contributed by atoms with Gasteiger partial charge >= 0.3 is 0 Å². The van der Waals surface area contributed by atoms with E-state index in [0.717, 1.165) is 11.6 Å². The molecule has 0 heterocycles. The number of hydrazine groups is 1. The maximum Gasteiger partial charge on any atom is 0.286 e. The number of benzene rings is 3. The number of methoxy groups -OCH3 is 1. The highest BCUT2D eigenvalue weighted by Gasteiger charge is 2.25. The number of hydrogen-bond acceptors (Lipinski definition) is 8. The lowest BCUT2D eigenvalue weighted by atomic mass is 10.1. The largest absolute Gasteiger partial charge is 0.493 e. The van der Waals surface area contributed by atoms with Crippen LogP contribution in [0.25, 0.3) is 0 Å². The highest BCUT2D eigenvalue weighted by Crippen LogP contribution is 2.34. The molecule has 11 nitrogen and oxygen atoms in total. The molecule has 188 valence electrons. The van der Waals surface area contributed by atoms with Gasteiger partial charge in [-0.3, -0.25) is 30.6 Å². The summed E-state index contributed by atoms with van der Waals surface area (Å²) in [7, 11) is 1.33. The monoisotopic (exact) mass is 495 g/mol. The van der Waals surface area contributed by atoms with Crippen LogP contribution in [0.15, 0.2) is 66.7 Å². The van der Waals surface area contributed by atoms with E-state index in [9.17, 15) is 19.7 Å². The number of ether oxygens (including phenoxy) is 4. The summed E-state index contributed by atoms with van der Waals surface area (Å²) in [5, 5.41) is 11.4. The number of nitro benzene ring substituents is 1. The average molecular weight is 495 g/mol. The second-order valence-electron chi connectivity index (χ2n) is 7.25. The third kappa shape index (κ3) is 7.10. The first-order chi connectivity index (χ1) is 17.4. The summed E-state index contributed by atoms with van der Waals surface area (Å²) >= 11 is 0. The molecule has 0 unspecified atom stereocenters. The van der Waals surface area contributed by atoms with Crippen molar-refractivity contribution < 1.29 is 33.5 Å². The molecule has 36 heavy (non-hydrogen) atoms. The maximum absolute atomic E-state index is 12.5. The predicted molar refractivity (Wildman–Crippen MR) is 129 cm³/mol. The Morgan fingerprint density at radius 1 is 0.889 bits per heavy atom. The minimum atomic E-state index is -0.904. The van der Waals surface area contributed by atoms with Crippen LogP contribution in [-0.4, -0.2) is 37.1 Å². The Morgan fingerprint density at radius 2 is 1.56 bits per heavy atom. The summed E-state index contributed by atoms with van der Waals surface area (Å²) < 4.78 is 21.6. The van der Waals surface area contributed by atoms with Crippen molar-refractivity contribution in [2.24, 2.45) is 0 Å². The fourth-order valence-corrected chi connectivity index (χ4v) is 3.06. The van der Waals surface area contributed by atoms with E-state index < -0.39 is 29.0 Å². The number of carbonyl (C=O) groups is 2. The van der Waals surface area contributed by atoms with Crippen molar-refractivity contribution in [1.29, 1.82) is 0 Å². The molecule has 0 aliphatic heterocycles. The number of nitrogens with one attached hydrogen (secondary N) is 2. The van der Waals surface area contributed by atoms with E-state index in [2.05, 4.69) is 10.9 Å². The Balaban J connectivity index is 1.52. The quantitative estimate of drug-likeness (QED) is 0.305. The summed E-state index contributed by atoms with van der Waals surface area (Å²) in [6.07, 6.45) is 0. The third-order valence-corrected chi connectivity index (χ3v) is 4.78. The summed E-state index contributed by atoms with van der Waals surface area (Å²) in [5.74, 6) is -0.269. The Bertz CT molecular complexity index is 1200. The first kappa shape index (κ1) is 25.8. The first-order valence-electron chi connectivity index (χ1n) is 10.9. The van der Waals surface area contributed by atoms with E-state index in [1.165, 1.54) is 13.2 Å². The molecule has 0 aliphatic rings. The lowest BCUT2D eigenvalue weighted by molar-refractivity contribution is -0.385. The van der Waals surface area contributed by atoms with Crippen LogP contribution in [0.4, 0.5) is 5.69 Å². The molecular formula is C25H25N3O8. The summed E-state index contributed by atoms with van der Waals surface area (Å²) in [4.78, 5) is 35.3. The highest BCUT2D eigenvalue weighted by atomic mass is 16.6. The molecule has 3 aromatic carbocycles. The molecule has 0 saturated heterocycles. The normalized spacial score (nSPS) is 10.2. The number of rotatable bonds is 11.